The third kappa shape index (κ3) is 3.02. The molecular formula is C16H19BrN2O3. The molecule has 2 fully saturated rings. The Hall–Kier alpha value is -1.43. The molecule has 0 bridgehead atoms. The van der Waals surface area contributed by atoms with E-state index in [2.05, 4.69) is 15.9 Å². The summed E-state index contributed by atoms with van der Waals surface area (Å²) in [6, 6.07) is 4.62. The van der Waals surface area contributed by atoms with Crippen LogP contribution in [0.3, 0.4) is 0 Å². The van der Waals surface area contributed by atoms with Crippen LogP contribution < -0.4 is 0 Å². The number of benzene rings is 1. The maximum absolute atomic E-state index is 12.6. The number of likely N-dealkylation sites (tertiary alicyclic amines) is 1. The normalized spacial score (nSPS) is 24.7. The molecule has 1 saturated carbocycles. The fourth-order valence-corrected chi connectivity index (χ4v) is 4.14. The van der Waals surface area contributed by atoms with Crippen molar-refractivity contribution in [1.29, 1.82) is 0 Å². The van der Waals surface area contributed by atoms with E-state index in [4.69, 9.17) is 0 Å². The van der Waals surface area contributed by atoms with Gasteiger partial charge >= 0.3 is 0 Å². The number of rotatable bonds is 2. The van der Waals surface area contributed by atoms with E-state index in [0.29, 0.717) is 16.0 Å². The van der Waals surface area contributed by atoms with E-state index in [1.807, 2.05) is 4.90 Å². The molecule has 3 rings (SSSR count). The predicted octanol–water partition coefficient (Wildman–Crippen LogP) is 4.01. The van der Waals surface area contributed by atoms with Gasteiger partial charge in [0.15, 0.2) is 0 Å². The quantitative estimate of drug-likeness (QED) is 0.586. The summed E-state index contributed by atoms with van der Waals surface area (Å²) in [5.74, 6) is 1.29. The van der Waals surface area contributed by atoms with Crippen LogP contribution in [0.15, 0.2) is 22.7 Å². The van der Waals surface area contributed by atoms with Crippen molar-refractivity contribution in [2.75, 3.05) is 13.1 Å². The largest absolute Gasteiger partial charge is 0.338 e. The Morgan fingerprint density at radius 1 is 1.23 bits per heavy atom. The average molecular weight is 367 g/mol. The molecule has 0 N–H and O–H groups in total. The summed E-state index contributed by atoms with van der Waals surface area (Å²) < 4.78 is 0.403. The van der Waals surface area contributed by atoms with Crippen LogP contribution in [0.2, 0.25) is 0 Å². The Labute approximate surface area is 138 Å². The topological polar surface area (TPSA) is 63.4 Å². The van der Waals surface area contributed by atoms with E-state index in [0.717, 1.165) is 25.4 Å². The second-order valence-corrected chi connectivity index (χ2v) is 7.12. The molecule has 1 saturated heterocycles. The Kier molecular flexibility index (Phi) is 4.47. The minimum Gasteiger partial charge on any atom is -0.338 e. The number of piperidine rings is 1. The Bertz CT molecular complexity index is 605. The van der Waals surface area contributed by atoms with Crippen molar-refractivity contribution in [2.45, 2.75) is 32.1 Å². The molecule has 1 aromatic carbocycles. The van der Waals surface area contributed by atoms with Crippen LogP contribution >= 0.6 is 15.9 Å². The second kappa shape index (κ2) is 6.36. The van der Waals surface area contributed by atoms with Crippen LogP contribution in [-0.4, -0.2) is 28.8 Å². The second-order valence-electron chi connectivity index (χ2n) is 6.27. The van der Waals surface area contributed by atoms with Crippen molar-refractivity contribution in [3.63, 3.8) is 0 Å². The molecule has 1 aliphatic carbocycles. The Morgan fingerprint density at radius 2 is 1.95 bits per heavy atom. The molecule has 0 unspecified atom stereocenters. The monoisotopic (exact) mass is 366 g/mol. The van der Waals surface area contributed by atoms with Crippen molar-refractivity contribution in [1.82, 2.24) is 4.90 Å². The predicted molar refractivity (Wildman–Crippen MR) is 86.8 cm³/mol. The third-order valence-electron chi connectivity index (χ3n) is 4.97. The van der Waals surface area contributed by atoms with Crippen molar-refractivity contribution in [3.8, 4) is 0 Å². The van der Waals surface area contributed by atoms with Gasteiger partial charge in [-0.2, -0.15) is 0 Å². The first kappa shape index (κ1) is 15.5. The fourth-order valence-electron chi connectivity index (χ4n) is 3.75. The van der Waals surface area contributed by atoms with Crippen molar-refractivity contribution in [3.05, 3.63) is 38.3 Å². The van der Waals surface area contributed by atoms with Crippen LogP contribution in [0.1, 0.15) is 42.5 Å². The number of fused-ring (bicyclic) bond motifs is 1. The van der Waals surface area contributed by atoms with Crippen LogP contribution in [0.25, 0.3) is 0 Å². The van der Waals surface area contributed by atoms with Gasteiger partial charge in [-0.3, -0.25) is 14.9 Å². The van der Waals surface area contributed by atoms with Crippen LogP contribution in [-0.2, 0) is 0 Å². The molecule has 2 atom stereocenters. The highest BCUT2D eigenvalue weighted by Crippen LogP contribution is 2.36. The number of hydrogen-bond donors (Lipinski definition) is 0. The number of amides is 1. The van der Waals surface area contributed by atoms with Gasteiger partial charge in [0.25, 0.3) is 11.6 Å². The zero-order chi connectivity index (χ0) is 15.7. The lowest BCUT2D eigenvalue weighted by atomic mass is 9.75. The van der Waals surface area contributed by atoms with Crippen LogP contribution in [0.4, 0.5) is 5.69 Å². The maximum atomic E-state index is 12.6. The number of nitrogens with zero attached hydrogens (tertiary/aromatic N) is 2. The smallest absolute Gasteiger partial charge is 0.284 e. The molecular weight excluding hydrogens is 348 g/mol. The molecule has 1 heterocycles. The SMILES string of the molecule is O=C(c1ccc(Br)c([N+](=O)[O-])c1)N1CC[C@H]2CCCC[C@@H]2C1. The number of carbonyl (C=O) groups excluding carboxylic acids is 1. The van der Waals surface area contributed by atoms with Gasteiger partial charge in [-0.15, -0.1) is 0 Å². The van der Waals surface area contributed by atoms with E-state index in [1.165, 1.54) is 31.7 Å². The molecule has 118 valence electrons. The molecule has 0 radical (unpaired) electrons. The zero-order valence-electron chi connectivity index (χ0n) is 12.3. The van der Waals surface area contributed by atoms with Gasteiger partial charge in [0, 0.05) is 24.7 Å². The fraction of sp³-hybridized carbons (Fsp3) is 0.562. The minimum atomic E-state index is -0.464. The van der Waals surface area contributed by atoms with Gasteiger partial charge < -0.3 is 4.90 Å². The van der Waals surface area contributed by atoms with Crippen LogP contribution in [0.5, 0.6) is 0 Å². The summed E-state index contributed by atoms with van der Waals surface area (Å²) in [4.78, 5) is 25.1. The van der Waals surface area contributed by atoms with Gasteiger partial charge in [-0.25, -0.2) is 0 Å². The molecule has 1 aromatic rings. The van der Waals surface area contributed by atoms with Gasteiger partial charge in [0.1, 0.15) is 0 Å². The first-order chi connectivity index (χ1) is 10.6. The van der Waals surface area contributed by atoms with Crippen molar-refractivity contribution < 1.29 is 9.72 Å². The molecule has 22 heavy (non-hydrogen) atoms. The first-order valence-corrected chi connectivity index (χ1v) is 8.59. The van der Waals surface area contributed by atoms with Gasteiger partial charge in [-0.05, 0) is 52.7 Å². The molecule has 2 aliphatic rings. The lowest BCUT2D eigenvalue weighted by Crippen LogP contribution is -2.44. The van der Waals surface area contributed by atoms with Crippen molar-refractivity contribution in [2.24, 2.45) is 11.8 Å². The summed E-state index contributed by atoms with van der Waals surface area (Å²) in [6.45, 7) is 1.57. The van der Waals surface area contributed by atoms with Crippen molar-refractivity contribution >= 4 is 27.5 Å². The van der Waals surface area contributed by atoms with E-state index < -0.39 is 4.92 Å². The molecule has 1 amide bonds. The number of nitro groups is 1. The Morgan fingerprint density at radius 3 is 2.68 bits per heavy atom. The molecule has 5 nitrogen and oxygen atoms in total. The standard InChI is InChI=1S/C16H19BrN2O3/c17-14-6-5-12(9-15(14)19(21)22)16(20)18-8-7-11-3-1-2-4-13(11)10-18/h5-6,9,11,13H,1-4,7-8,10H2/t11-,13-/m1/s1. The van der Waals surface area contributed by atoms with Gasteiger partial charge in [0.05, 0.1) is 9.40 Å². The summed E-state index contributed by atoms with van der Waals surface area (Å²) in [7, 11) is 0. The average Bonchev–Trinajstić information content (AvgIpc) is 2.54. The number of carbonyl (C=O) groups is 1. The lowest BCUT2D eigenvalue weighted by molar-refractivity contribution is -0.385. The molecule has 6 heteroatoms. The molecule has 0 aromatic heterocycles. The maximum Gasteiger partial charge on any atom is 0.284 e. The summed E-state index contributed by atoms with van der Waals surface area (Å²) in [5, 5.41) is 11.0. The number of halogens is 1. The lowest BCUT2D eigenvalue weighted by Gasteiger charge is -2.41. The van der Waals surface area contributed by atoms with E-state index in [-0.39, 0.29) is 11.6 Å². The highest BCUT2D eigenvalue weighted by molar-refractivity contribution is 9.10. The summed E-state index contributed by atoms with van der Waals surface area (Å²) >= 11 is 3.16. The van der Waals surface area contributed by atoms with Gasteiger partial charge in [-0.1, -0.05) is 19.3 Å². The summed E-state index contributed by atoms with van der Waals surface area (Å²) in [6.07, 6.45) is 6.13. The van der Waals surface area contributed by atoms with E-state index in [1.54, 1.807) is 12.1 Å². The zero-order valence-corrected chi connectivity index (χ0v) is 13.9. The minimum absolute atomic E-state index is 0.0570. The van der Waals surface area contributed by atoms with Gasteiger partial charge in [0.2, 0.25) is 0 Å². The highest BCUT2D eigenvalue weighted by atomic mass is 79.9. The van der Waals surface area contributed by atoms with Crippen LogP contribution in [0, 0.1) is 22.0 Å². The Balaban J connectivity index is 1.76. The first-order valence-electron chi connectivity index (χ1n) is 7.79. The number of hydrogen-bond acceptors (Lipinski definition) is 3. The number of nitro benzene ring substituents is 1. The van der Waals surface area contributed by atoms with E-state index in [9.17, 15) is 14.9 Å². The summed E-state index contributed by atoms with van der Waals surface area (Å²) in [5.41, 5.74) is 0.350. The molecule has 0 spiro atoms. The highest BCUT2D eigenvalue weighted by Gasteiger charge is 2.33. The van der Waals surface area contributed by atoms with E-state index >= 15 is 0 Å². The third-order valence-corrected chi connectivity index (χ3v) is 5.64. The molecule has 1 aliphatic heterocycles.